The van der Waals surface area contributed by atoms with E-state index in [1.807, 2.05) is 32.0 Å². The summed E-state index contributed by atoms with van der Waals surface area (Å²) in [4.78, 5) is 4.45. The first-order chi connectivity index (χ1) is 6.68. The standard InChI is InChI=1S/C10H13N3S/c1-7(2)13(11)10-12-8-5-3-4-6-9(8)14-10/h3-7H,11H2,1-2H3. The van der Waals surface area contributed by atoms with Crippen LogP contribution in [0.2, 0.25) is 0 Å². The van der Waals surface area contributed by atoms with Crippen molar-refractivity contribution in [1.29, 1.82) is 0 Å². The van der Waals surface area contributed by atoms with Gasteiger partial charge in [0.15, 0.2) is 0 Å². The van der Waals surface area contributed by atoms with Crippen LogP contribution >= 0.6 is 11.3 Å². The zero-order chi connectivity index (χ0) is 10.1. The molecule has 0 aliphatic heterocycles. The molecule has 0 radical (unpaired) electrons. The molecule has 1 heterocycles. The number of fused-ring (bicyclic) bond motifs is 1. The Balaban J connectivity index is 2.45. The van der Waals surface area contributed by atoms with Gasteiger partial charge in [-0.3, -0.25) is 5.01 Å². The molecule has 1 aromatic carbocycles. The molecule has 2 rings (SSSR count). The number of rotatable bonds is 2. The summed E-state index contributed by atoms with van der Waals surface area (Å²) < 4.78 is 1.18. The summed E-state index contributed by atoms with van der Waals surface area (Å²) in [7, 11) is 0. The Morgan fingerprint density at radius 3 is 2.71 bits per heavy atom. The van der Waals surface area contributed by atoms with Gasteiger partial charge in [0, 0.05) is 6.04 Å². The van der Waals surface area contributed by atoms with Crippen molar-refractivity contribution in [3.05, 3.63) is 24.3 Å². The van der Waals surface area contributed by atoms with E-state index in [1.165, 1.54) is 4.70 Å². The van der Waals surface area contributed by atoms with Crippen LogP contribution in [0.15, 0.2) is 24.3 Å². The number of anilines is 1. The van der Waals surface area contributed by atoms with Gasteiger partial charge in [0.25, 0.3) is 0 Å². The molecule has 14 heavy (non-hydrogen) atoms. The minimum absolute atomic E-state index is 0.274. The van der Waals surface area contributed by atoms with Gasteiger partial charge >= 0.3 is 0 Å². The maximum atomic E-state index is 5.88. The van der Waals surface area contributed by atoms with Crippen molar-refractivity contribution in [2.24, 2.45) is 5.84 Å². The molecule has 1 aromatic heterocycles. The van der Waals surface area contributed by atoms with E-state index in [-0.39, 0.29) is 6.04 Å². The van der Waals surface area contributed by atoms with E-state index in [0.717, 1.165) is 10.6 Å². The van der Waals surface area contributed by atoms with E-state index in [0.29, 0.717) is 0 Å². The third kappa shape index (κ3) is 1.58. The summed E-state index contributed by atoms with van der Waals surface area (Å²) in [5, 5.41) is 2.58. The van der Waals surface area contributed by atoms with Crippen LogP contribution in [0, 0.1) is 0 Å². The molecule has 0 saturated heterocycles. The zero-order valence-electron chi connectivity index (χ0n) is 8.27. The highest BCUT2D eigenvalue weighted by Crippen LogP contribution is 2.27. The van der Waals surface area contributed by atoms with Gasteiger partial charge in [-0.05, 0) is 26.0 Å². The minimum Gasteiger partial charge on any atom is -0.284 e. The first-order valence-corrected chi connectivity index (χ1v) is 5.39. The minimum atomic E-state index is 0.274. The molecular formula is C10H13N3S. The average molecular weight is 207 g/mol. The predicted octanol–water partition coefficient (Wildman–Crippen LogP) is 2.38. The van der Waals surface area contributed by atoms with Crippen LogP contribution in [0.25, 0.3) is 10.2 Å². The van der Waals surface area contributed by atoms with E-state index in [9.17, 15) is 0 Å². The van der Waals surface area contributed by atoms with E-state index < -0.39 is 0 Å². The number of aromatic nitrogens is 1. The van der Waals surface area contributed by atoms with Gasteiger partial charge in [-0.25, -0.2) is 10.8 Å². The molecule has 0 aliphatic carbocycles. The lowest BCUT2D eigenvalue weighted by molar-refractivity contribution is 0.709. The van der Waals surface area contributed by atoms with Crippen LogP contribution in [0.5, 0.6) is 0 Å². The van der Waals surface area contributed by atoms with Gasteiger partial charge in [0.1, 0.15) is 0 Å². The molecule has 2 N–H and O–H groups in total. The summed E-state index contributed by atoms with van der Waals surface area (Å²) >= 11 is 1.62. The Kier molecular flexibility index (Phi) is 2.39. The quantitative estimate of drug-likeness (QED) is 0.607. The second kappa shape index (κ2) is 3.55. The van der Waals surface area contributed by atoms with E-state index in [4.69, 9.17) is 5.84 Å². The van der Waals surface area contributed by atoms with Gasteiger partial charge in [-0.2, -0.15) is 0 Å². The predicted molar refractivity (Wildman–Crippen MR) is 61.4 cm³/mol. The number of thiazole rings is 1. The Morgan fingerprint density at radius 1 is 1.36 bits per heavy atom. The van der Waals surface area contributed by atoms with Crippen molar-refractivity contribution >= 4 is 26.7 Å². The highest BCUT2D eigenvalue weighted by atomic mass is 32.1. The normalized spacial score (nSPS) is 11.1. The molecule has 0 atom stereocenters. The number of para-hydroxylation sites is 1. The van der Waals surface area contributed by atoms with Gasteiger partial charge < -0.3 is 0 Å². The van der Waals surface area contributed by atoms with Gasteiger partial charge in [-0.15, -0.1) is 0 Å². The maximum Gasteiger partial charge on any atom is 0.201 e. The lowest BCUT2D eigenvalue weighted by Gasteiger charge is -2.18. The molecule has 0 amide bonds. The molecule has 0 aliphatic rings. The van der Waals surface area contributed by atoms with Crippen LogP contribution in [-0.4, -0.2) is 11.0 Å². The number of hydrogen-bond donors (Lipinski definition) is 1. The van der Waals surface area contributed by atoms with Gasteiger partial charge in [0.2, 0.25) is 5.13 Å². The van der Waals surface area contributed by atoms with Crippen LogP contribution in [-0.2, 0) is 0 Å². The molecule has 0 spiro atoms. The fraction of sp³-hybridized carbons (Fsp3) is 0.300. The summed E-state index contributed by atoms with van der Waals surface area (Å²) in [6.45, 7) is 4.10. The van der Waals surface area contributed by atoms with Crippen molar-refractivity contribution in [3.8, 4) is 0 Å². The van der Waals surface area contributed by atoms with Crippen LogP contribution in [0.3, 0.4) is 0 Å². The highest BCUT2D eigenvalue weighted by Gasteiger charge is 2.10. The fourth-order valence-electron chi connectivity index (χ4n) is 1.19. The third-order valence-electron chi connectivity index (χ3n) is 2.06. The Labute approximate surface area is 87.1 Å². The smallest absolute Gasteiger partial charge is 0.201 e. The Hall–Kier alpha value is -1.13. The lowest BCUT2D eigenvalue weighted by Crippen LogP contribution is -2.37. The molecule has 2 aromatic rings. The molecule has 0 fully saturated rings. The van der Waals surface area contributed by atoms with E-state index >= 15 is 0 Å². The summed E-state index contributed by atoms with van der Waals surface area (Å²) in [6, 6.07) is 8.34. The van der Waals surface area contributed by atoms with Crippen LogP contribution in [0.4, 0.5) is 5.13 Å². The fourth-order valence-corrected chi connectivity index (χ4v) is 2.21. The molecule has 0 bridgehead atoms. The van der Waals surface area contributed by atoms with E-state index in [2.05, 4.69) is 11.1 Å². The first kappa shape index (κ1) is 9.43. The van der Waals surface area contributed by atoms with Crippen molar-refractivity contribution < 1.29 is 0 Å². The molecule has 4 heteroatoms. The second-order valence-corrected chi connectivity index (χ2v) is 4.47. The largest absolute Gasteiger partial charge is 0.284 e. The number of hydrogen-bond acceptors (Lipinski definition) is 4. The van der Waals surface area contributed by atoms with Crippen molar-refractivity contribution in [2.75, 3.05) is 5.01 Å². The lowest BCUT2D eigenvalue weighted by atomic mass is 10.3. The topological polar surface area (TPSA) is 42.1 Å². The maximum absolute atomic E-state index is 5.88. The number of benzene rings is 1. The average Bonchev–Trinajstić information content (AvgIpc) is 2.59. The van der Waals surface area contributed by atoms with Crippen LogP contribution < -0.4 is 10.9 Å². The molecule has 0 unspecified atom stereocenters. The summed E-state index contributed by atoms with van der Waals surface area (Å²) in [6.07, 6.45) is 0. The summed E-state index contributed by atoms with van der Waals surface area (Å²) in [5.41, 5.74) is 1.02. The highest BCUT2D eigenvalue weighted by molar-refractivity contribution is 7.22. The Bertz CT molecular complexity index is 403. The first-order valence-electron chi connectivity index (χ1n) is 4.58. The van der Waals surface area contributed by atoms with Crippen molar-refractivity contribution in [3.63, 3.8) is 0 Å². The van der Waals surface area contributed by atoms with Crippen molar-refractivity contribution in [2.45, 2.75) is 19.9 Å². The Morgan fingerprint density at radius 2 is 2.07 bits per heavy atom. The third-order valence-corrected chi connectivity index (χ3v) is 3.11. The second-order valence-electron chi connectivity index (χ2n) is 3.47. The van der Waals surface area contributed by atoms with Crippen molar-refractivity contribution in [1.82, 2.24) is 4.98 Å². The zero-order valence-corrected chi connectivity index (χ0v) is 9.08. The monoisotopic (exact) mass is 207 g/mol. The van der Waals surface area contributed by atoms with Gasteiger partial charge in [0.05, 0.1) is 10.2 Å². The van der Waals surface area contributed by atoms with Gasteiger partial charge in [-0.1, -0.05) is 23.5 Å². The molecule has 0 saturated carbocycles. The number of nitrogens with two attached hydrogens (primary N) is 1. The number of nitrogens with zero attached hydrogens (tertiary/aromatic N) is 2. The molecule has 3 nitrogen and oxygen atoms in total. The van der Waals surface area contributed by atoms with Crippen LogP contribution in [0.1, 0.15) is 13.8 Å². The summed E-state index contributed by atoms with van der Waals surface area (Å²) in [5.74, 6) is 5.88. The SMILES string of the molecule is CC(C)N(N)c1nc2ccccc2s1. The molecular weight excluding hydrogens is 194 g/mol. The molecule has 74 valence electrons. The van der Waals surface area contributed by atoms with E-state index in [1.54, 1.807) is 16.3 Å². The number of hydrazine groups is 1.